The van der Waals surface area contributed by atoms with Gasteiger partial charge in [0.1, 0.15) is 5.00 Å². The SMILES string of the molecule is CCOC(=O)c1c(C2CC2)csc1NC(=O)c1cccc(Cl)c1Cl. The van der Waals surface area contributed by atoms with Gasteiger partial charge < -0.3 is 10.1 Å². The Labute approximate surface area is 153 Å². The molecule has 1 saturated carbocycles. The molecule has 1 fully saturated rings. The van der Waals surface area contributed by atoms with Crippen LogP contribution in [0.4, 0.5) is 5.00 Å². The summed E-state index contributed by atoms with van der Waals surface area (Å²) >= 11 is 13.4. The summed E-state index contributed by atoms with van der Waals surface area (Å²) in [6, 6.07) is 4.85. The molecule has 1 aromatic carbocycles. The number of carbonyl (C=O) groups excluding carboxylic acids is 2. The standard InChI is InChI=1S/C17H15Cl2NO3S/c1-2-23-17(22)13-11(9-6-7-9)8-24-16(13)20-15(21)10-4-3-5-12(18)14(10)19/h3-5,8-9H,2,6-7H2,1H3,(H,20,21). The van der Waals surface area contributed by atoms with E-state index in [0.717, 1.165) is 18.4 Å². The first kappa shape index (κ1) is 17.3. The second kappa shape index (κ2) is 7.13. The maximum Gasteiger partial charge on any atom is 0.341 e. The number of esters is 1. The number of ether oxygens (including phenoxy) is 1. The Kier molecular flexibility index (Phi) is 5.13. The average Bonchev–Trinajstić information content (AvgIpc) is 3.31. The molecule has 0 aliphatic heterocycles. The molecule has 0 spiro atoms. The first-order chi connectivity index (χ1) is 11.5. The van der Waals surface area contributed by atoms with Gasteiger partial charge in [-0.15, -0.1) is 11.3 Å². The van der Waals surface area contributed by atoms with Gasteiger partial charge in [-0.25, -0.2) is 4.79 Å². The maximum absolute atomic E-state index is 12.5. The Hall–Kier alpha value is -1.56. The highest BCUT2D eigenvalue weighted by Gasteiger charge is 2.32. The summed E-state index contributed by atoms with van der Waals surface area (Å²) in [6.45, 7) is 2.04. The summed E-state index contributed by atoms with van der Waals surface area (Å²) < 4.78 is 5.14. The zero-order chi connectivity index (χ0) is 17.3. The predicted molar refractivity (Wildman–Crippen MR) is 96.7 cm³/mol. The number of hydrogen-bond donors (Lipinski definition) is 1. The molecular formula is C17H15Cl2NO3S. The van der Waals surface area contributed by atoms with Gasteiger partial charge in [-0.3, -0.25) is 4.79 Å². The van der Waals surface area contributed by atoms with Gasteiger partial charge in [0.05, 0.1) is 27.8 Å². The van der Waals surface area contributed by atoms with Crippen LogP contribution in [0.2, 0.25) is 10.0 Å². The van der Waals surface area contributed by atoms with Crippen molar-refractivity contribution in [1.82, 2.24) is 0 Å². The summed E-state index contributed by atoms with van der Waals surface area (Å²) in [7, 11) is 0. The number of anilines is 1. The van der Waals surface area contributed by atoms with Crippen LogP contribution in [0.25, 0.3) is 0 Å². The Morgan fingerprint density at radius 3 is 2.75 bits per heavy atom. The Morgan fingerprint density at radius 2 is 2.08 bits per heavy atom. The quantitative estimate of drug-likeness (QED) is 0.706. The molecule has 1 aromatic heterocycles. The molecule has 4 nitrogen and oxygen atoms in total. The molecule has 0 radical (unpaired) electrons. The minimum atomic E-state index is -0.409. The lowest BCUT2D eigenvalue weighted by molar-refractivity contribution is 0.0527. The van der Waals surface area contributed by atoms with Crippen LogP contribution in [-0.2, 0) is 4.74 Å². The first-order valence-electron chi connectivity index (χ1n) is 7.56. The van der Waals surface area contributed by atoms with Crippen molar-refractivity contribution in [2.45, 2.75) is 25.7 Å². The molecule has 1 amide bonds. The van der Waals surface area contributed by atoms with Gasteiger partial charge in [0, 0.05) is 0 Å². The van der Waals surface area contributed by atoms with E-state index in [2.05, 4.69) is 5.32 Å². The smallest absolute Gasteiger partial charge is 0.341 e. The van der Waals surface area contributed by atoms with E-state index in [1.807, 2.05) is 5.38 Å². The third-order valence-electron chi connectivity index (χ3n) is 3.74. The number of benzene rings is 1. The van der Waals surface area contributed by atoms with Crippen molar-refractivity contribution in [3.63, 3.8) is 0 Å². The summed E-state index contributed by atoms with van der Waals surface area (Å²) in [5.41, 5.74) is 1.67. The van der Waals surface area contributed by atoms with Crippen LogP contribution in [0.15, 0.2) is 23.6 Å². The molecule has 126 valence electrons. The molecule has 0 saturated heterocycles. The van der Waals surface area contributed by atoms with Gasteiger partial charge >= 0.3 is 5.97 Å². The topological polar surface area (TPSA) is 55.4 Å². The molecule has 7 heteroatoms. The van der Waals surface area contributed by atoms with Crippen LogP contribution in [0.3, 0.4) is 0 Å². The number of rotatable bonds is 5. The van der Waals surface area contributed by atoms with Crippen LogP contribution >= 0.6 is 34.5 Å². The lowest BCUT2D eigenvalue weighted by Crippen LogP contribution is -2.15. The van der Waals surface area contributed by atoms with Gasteiger partial charge in [-0.05, 0) is 48.8 Å². The van der Waals surface area contributed by atoms with E-state index in [0.29, 0.717) is 21.5 Å². The molecule has 2 aromatic rings. The van der Waals surface area contributed by atoms with Crippen molar-refractivity contribution >= 4 is 51.4 Å². The van der Waals surface area contributed by atoms with Crippen molar-refractivity contribution in [3.8, 4) is 0 Å². The molecule has 0 bridgehead atoms. The highest BCUT2D eigenvalue weighted by Crippen LogP contribution is 2.46. The fraction of sp³-hybridized carbons (Fsp3) is 0.294. The van der Waals surface area contributed by atoms with Crippen molar-refractivity contribution in [2.24, 2.45) is 0 Å². The minimum absolute atomic E-state index is 0.188. The van der Waals surface area contributed by atoms with Crippen LogP contribution < -0.4 is 5.32 Å². The molecule has 0 atom stereocenters. The Bertz CT molecular complexity index is 799. The van der Waals surface area contributed by atoms with E-state index in [4.69, 9.17) is 27.9 Å². The maximum atomic E-state index is 12.5. The minimum Gasteiger partial charge on any atom is -0.462 e. The lowest BCUT2D eigenvalue weighted by atomic mass is 10.1. The van der Waals surface area contributed by atoms with Crippen LogP contribution in [0, 0.1) is 0 Å². The molecule has 1 aliphatic carbocycles. The first-order valence-corrected chi connectivity index (χ1v) is 9.20. The van der Waals surface area contributed by atoms with Crippen LogP contribution in [0.5, 0.6) is 0 Å². The normalized spacial score (nSPS) is 13.6. The van der Waals surface area contributed by atoms with Gasteiger partial charge in [0.15, 0.2) is 0 Å². The van der Waals surface area contributed by atoms with Crippen molar-refractivity contribution < 1.29 is 14.3 Å². The second-order valence-corrected chi connectivity index (χ2v) is 7.11. The molecule has 1 heterocycles. The number of hydrogen-bond acceptors (Lipinski definition) is 4. The zero-order valence-corrected chi connectivity index (χ0v) is 15.2. The molecule has 1 N–H and O–H groups in total. The van der Waals surface area contributed by atoms with Gasteiger partial charge in [0.2, 0.25) is 0 Å². The van der Waals surface area contributed by atoms with E-state index < -0.39 is 11.9 Å². The zero-order valence-electron chi connectivity index (χ0n) is 12.9. The fourth-order valence-electron chi connectivity index (χ4n) is 2.42. The Balaban J connectivity index is 1.91. The summed E-state index contributed by atoms with van der Waals surface area (Å²) in [5, 5.41) is 5.67. The summed E-state index contributed by atoms with van der Waals surface area (Å²) in [5.74, 6) is -0.438. The van der Waals surface area contributed by atoms with E-state index >= 15 is 0 Å². The number of halogens is 2. The van der Waals surface area contributed by atoms with Gasteiger partial charge in [0.25, 0.3) is 5.91 Å². The number of amides is 1. The highest BCUT2D eigenvalue weighted by atomic mass is 35.5. The lowest BCUT2D eigenvalue weighted by Gasteiger charge is -2.09. The molecular weight excluding hydrogens is 369 g/mol. The third kappa shape index (κ3) is 3.43. The molecule has 3 rings (SSSR count). The van der Waals surface area contributed by atoms with Crippen LogP contribution in [-0.4, -0.2) is 18.5 Å². The average molecular weight is 384 g/mol. The number of nitrogens with one attached hydrogen (secondary N) is 1. The largest absolute Gasteiger partial charge is 0.462 e. The van der Waals surface area contributed by atoms with E-state index in [9.17, 15) is 9.59 Å². The van der Waals surface area contributed by atoms with E-state index in [1.54, 1.807) is 25.1 Å². The summed E-state index contributed by atoms with van der Waals surface area (Å²) in [4.78, 5) is 24.8. The van der Waals surface area contributed by atoms with Gasteiger partial charge in [-0.2, -0.15) is 0 Å². The number of thiophene rings is 1. The monoisotopic (exact) mass is 383 g/mol. The van der Waals surface area contributed by atoms with E-state index in [1.165, 1.54) is 11.3 Å². The number of carbonyl (C=O) groups is 2. The van der Waals surface area contributed by atoms with Crippen molar-refractivity contribution in [2.75, 3.05) is 11.9 Å². The fourth-order valence-corrected chi connectivity index (χ4v) is 3.83. The molecule has 1 aliphatic rings. The van der Waals surface area contributed by atoms with Crippen molar-refractivity contribution in [1.29, 1.82) is 0 Å². The highest BCUT2D eigenvalue weighted by molar-refractivity contribution is 7.15. The van der Waals surface area contributed by atoms with Gasteiger partial charge in [-0.1, -0.05) is 29.3 Å². The van der Waals surface area contributed by atoms with Crippen molar-refractivity contribution in [3.05, 3.63) is 50.3 Å². The second-order valence-electron chi connectivity index (χ2n) is 5.45. The summed E-state index contributed by atoms with van der Waals surface area (Å²) in [6.07, 6.45) is 2.10. The predicted octanol–water partition coefficient (Wildman–Crippen LogP) is 5.36. The third-order valence-corrected chi connectivity index (χ3v) is 5.47. The Morgan fingerprint density at radius 1 is 1.33 bits per heavy atom. The van der Waals surface area contributed by atoms with E-state index in [-0.39, 0.29) is 17.2 Å². The van der Waals surface area contributed by atoms with Crippen LogP contribution in [0.1, 0.15) is 52.0 Å². The molecule has 0 unspecified atom stereocenters. The molecule has 24 heavy (non-hydrogen) atoms.